The molecular weight excluding hydrogens is 476 g/mol. The fourth-order valence-corrected chi connectivity index (χ4v) is 3.86. The molecule has 1 amide bonds. The molecule has 0 atom stereocenters. The molecule has 9 heteroatoms. The molecule has 184 valence electrons. The highest BCUT2D eigenvalue weighted by Gasteiger charge is 2.09. The molecule has 0 unspecified atom stereocenters. The van der Waals surface area contributed by atoms with Crippen LogP contribution in [0.5, 0.6) is 5.75 Å². The highest BCUT2D eigenvalue weighted by molar-refractivity contribution is 6.31. The predicted octanol–water partition coefficient (Wildman–Crippen LogP) is 5.08. The Hall–Kier alpha value is -4.17. The monoisotopic (exact) mass is 502 g/mol. The Kier molecular flexibility index (Phi) is 7.97. The summed E-state index contributed by atoms with van der Waals surface area (Å²) in [6.45, 7) is 4.19. The Balaban J connectivity index is 1.49. The van der Waals surface area contributed by atoms with Crippen LogP contribution in [0.15, 0.2) is 65.8 Å². The van der Waals surface area contributed by atoms with E-state index in [1.54, 1.807) is 13.2 Å². The van der Waals surface area contributed by atoms with Crippen LogP contribution in [-0.4, -0.2) is 40.5 Å². The van der Waals surface area contributed by atoms with E-state index in [4.69, 9.17) is 16.3 Å². The van der Waals surface area contributed by atoms with Gasteiger partial charge in [0.15, 0.2) is 0 Å². The lowest BCUT2D eigenvalue weighted by molar-refractivity contribution is -0.115. The zero-order valence-electron chi connectivity index (χ0n) is 20.3. The van der Waals surface area contributed by atoms with Gasteiger partial charge in [0, 0.05) is 46.1 Å². The first kappa shape index (κ1) is 24.9. The van der Waals surface area contributed by atoms with Crippen molar-refractivity contribution in [1.29, 1.82) is 0 Å². The van der Waals surface area contributed by atoms with Crippen molar-refractivity contribution in [2.75, 3.05) is 19.0 Å². The van der Waals surface area contributed by atoms with Gasteiger partial charge >= 0.3 is 0 Å². The number of guanidine groups is 1. The van der Waals surface area contributed by atoms with Crippen molar-refractivity contribution in [3.8, 4) is 5.75 Å². The maximum absolute atomic E-state index is 12.7. The van der Waals surface area contributed by atoms with Crippen LogP contribution < -0.4 is 15.4 Å². The summed E-state index contributed by atoms with van der Waals surface area (Å²) in [4.78, 5) is 29.3. The molecule has 0 spiro atoms. The van der Waals surface area contributed by atoms with Crippen molar-refractivity contribution in [2.24, 2.45) is 4.99 Å². The molecule has 0 saturated heterocycles. The van der Waals surface area contributed by atoms with E-state index < -0.39 is 0 Å². The van der Waals surface area contributed by atoms with Crippen LogP contribution in [0.2, 0.25) is 5.02 Å². The number of carbonyl (C=O) groups is 1. The fraction of sp³-hybridized carbons (Fsp3) is 0.185. The Bertz CT molecular complexity index is 1410. The standard InChI is InChI=1S/C27H27ClN6O2/c1-17-14-18(2)32-27(31-17)34-26(33-25(35)11-6-19-4-8-22(36-3)9-5-19)29-13-12-20-16-30-24-10-7-21(28)15-23(20)24/h4-11,14-16,30H,12-13H2,1-3H3,(H2,29,31,32,33,34,35)/b11-6+. The average molecular weight is 503 g/mol. The number of carbonyl (C=O) groups excluding carboxylic acids is 1. The van der Waals surface area contributed by atoms with Gasteiger partial charge in [0.2, 0.25) is 11.9 Å². The van der Waals surface area contributed by atoms with Gasteiger partial charge in [-0.3, -0.25) is 20.4 Å². The lowest BCUT2D eigenvalue weighted by Crippen LogP contribution is -2.35. The number of aliphatic imine (C=N–C) groups is 1. The van der Waals surface area contributed by atoms with Crippen LogP contribution in [0.4, 0.5) is 5.95 Å². The SMILES string of the molecule is COc1ccc(/C=C/C(=O)NC(=NCCc2c[nH]c3ccc(Cl)cc23)Nc2nc(C)cc(C)n2)cc1. The van der Waals surface area contributed by atoms with Gasteiger partial charge in [-0.1, -0.05) is 23.7 Å². The number of methoxy groups -OCH3 is 1. The number of anilines is 1. The van der Waals surface area contributed by atoms with E-state index in [-0.39, 0.29) is 11.9 Å². The molecule has 4 rings (SSSR count). The zero-order chi connectivity index (χ0) is 25.5. The van der Waals surface area contributed by atoms with Crippen molar-refractivity contribution in [3.63, 3.8) is 0 Å². The lowest BCUT2D eigenvalue weighted by Gasteiger charge is -2.10. The number of ether oxygens (including phenoxy) is 1. The Morgan fingerprint density at radius 3 is 2.58 bits per heavy atom. The number of rotatable bonds is 7. The highest BCUT2D eigenvalue weighted by atomic mass is 35.5. The Morgan fingerprint density at radius 1 is 1.11 bits per heavy atom. The molecule has 2 aromatic carbocycles. The van der Waals surface area contributed by atoms with E-state index in [0.29, 0.717) is 23.9 Å². The summed E-state index contributed by atoms with van der Waals surface area (Å²) in [6, 6.07) is 15.0. The summed E-state index contributed by atoms with van der Waals surface area (Å²) < 4.78 is 5.17. The van der Waals surface area contributed by atoms with Crippen molar-refractivity contribution >= 4 is 46.4 Å². The van der Waals surface area contributed by atoms with Gasteiger partial charge < -0.3 is 9.72 Å². The minimum absolute atomic E-state index is 0.266. The van der Waals surface area contributed by atoms with E-state index in [2.05, 4.69) is 30.6 Å². The molecule has 2 aromatic heterocycles. The molecular formula is C27H27ClN6O2. The number of benzene rings is 2. The smallest absolute Gasteiger partial charge is 0.250 e. The molecule has 0 aliphatic rings. The van der Waals surface area contributed by atoms with Crippen LogP contribution in [0.3, 0.4) is 0 Å². The molecule has 0 radical (unpaired) electrons. The van der Waals surface area contributed by atoms with Crippen LogP contribution in [0.25, 0.3) is 17.0 Å². The molecule has 36 heavy (non-hydrogen) atoms. The number of hydrogen-bond donors (Lipinski definition) is 3. The largest absolute Gasteiger partial charge is 0.497 e. The molecule has 0 bridgehead atoms. The van der Waals surface area contributed by atoms with Crippen LogP contribution >= 0.6 is 11.6 Å². The number of halogens is 1. The van der Waals surface area contributed by atoms with E-state index >= 15 is 0 Å². The van der Waals surface area contributed by atoms with Gasteiger partial charge in [0.25, 0.3) is 5.91 Å². The minimum atomic E-state index is -0.333. The Morgan fingerprint density at radius 2 is 1.86 bits per heavy atom. The van der Waals surface area contributed by atoms with Crippen molar-refractivity contribution in [1.82, 2.24) is 20.3 Å². The van der Waals surface area contributed by atoms with Crippen LogP contribution in [0, 0.1) is 13.8 Å². The second-order valence-corrected chi connectivity index (χ2v) is 8.62. The van der Waals surface area contributed by atoms with E-state index in [1.165, 1.54) is 6.08 Å². The summed E-state index contributed by atoms with van der Waals surface area (Å²) in [5.74, 6) is 1.05. The van der Waals surface area contributed by atoms with Crippen molar-refractivity contribution < 1.29 is 9.53 Å². The van der Waals surface area contributed by atoms with Gasteiger partial charge in [0.05, 0.1) is 7.11 Å². The van der Waals surface area contributed by atoms with Crippen LogP contribution in [-0.2, 0) is 11.2 Å². The Labute approximate surface area is 214 Å². The van der Waals surface area contributed by atoms with Crippen LogP contribution in [0.1, 0.15) is 22.5 Å². The van der Waals surface area contributed by atoms with Crippen molar-refractivity contribution in [2.45, 2.75) is 20.3 Å². The highest BCUT2D eigenvalue weighted by Crippen LogP contribution is 2.22. The molecule has 0 saturated carbocycles. The van der Waals surface area contributed by atoms with E-state index in [1.807, 2.05) is 68.6 Å². The average Bonchev–Trinajstić information content (AvgIpc) is 3.24. The van der Waals surface area contributed by atoms with Crippen molar-refractivity contribution in [3.05, 3.63) is 88.3 Å². The number of nitrogens with one attached hydrogen (secondary N) is 3. The number of aryl methyl sites for hydroxylation is 2. The fourth-order valence-electron chi connectivity index (χ4n) is 3.69. The number of aromatic amines is 1. The number of aromatic nitrogens is 3. The zero-order valence-corrected chi connectivity index (χ0v) is 21.1. The molecule has 0 fully saturated rings. The number of fused-ring (bicyclic) bond motifs is 1. The number of H-pyrrole nitrogens is 1. The third kappa shape index (κ3) is 6.70. The number of hydrogen-bond acceptors (Lipinski definition) is 5. The molecule has 8 nitrogen and oxygen atoms in total. The quantitative estimate of drug-likeness (QED) is 0.186. The maximum Gasteiger partial charge on any atom is 0.250 e. The van der Waals surface area contributed by atoms with Gasteiger partial charge in [-0.2, -0.15) is 0 Å². The maximum atomic E-state index is 12.7. The second kappa shape index (κ2) is 11.5. The normalized spacial score (nSPS) is 11.7. The summed E-state index contributed by atoms with van der Waals surface area (Å²) in [5, 5.41) is 7.58. The number of amides is 1. The summed E-state index contributed by atoms with van der Waals surface area (Å²) in [6.07, 6.45) is 5.77. The first-order chi connectivity index (χ1) is 17.4. The number of nitrogens with zero attached hydrogens (tertiary/aromatic N) is 3. The van der Waals surface area contributed by atoms with Gasteiger partial charge in [-0.15, -0.1) is 0 Å². The molecule has 0 aliphatic heterocycles. The minimum Gasteiger partial charge on any atom is -0.497 e. The topological polar surface area (TPSA) is 104 Å². The summed E-state index contributed by atoms with van der Waals surface area (Å²) in [7, 11) is 1.61. The summed E-state index contributed by atoms with van der Waals surface area (Å²) >= 11 is 6.17. The molecule has 4 aromatic rings. The van der Waals surface area contributed by atoms with E-state index in [9.17, 15) is 4.79 Å². The van der Waals surface area contributed by atoms with E-state index in [0.717, 1.165) is 39.2 Å². The third-order valence-electron chi connectivity index (χ3n) is 5.38. The third-order valence-corrected chi connectivity index (χ3v) is 5.61. The molecule has 3 N–H and O–H groups in total. The first-order valence-electron chi connectivity index (χ1n) is 11.4. The van der Waals surface area contributed by atoms with Gasteiger partial charge in [-0.25, -0.2) is 9.97 Å². The predicted molar refractivity (Wildman–Crippen MR) is 145 cm³/mol. The summed E-state index contributed by atoms with van der Waals surface area (Å²) in [5.41, 5.74) is 4.59. The second-order valence-electron chi connectivity index (χ2n) is 8.18. The molecule has 2 heterocycles. The molecule has 0 aliphatic carbocycles. The van der Waals surface area contributed by atoms with Gasteiger partial charge in [-0.05, 0) is 73.9 Å². The first-order valence-corrected chi connectivity index (χ1v) is 11.8. The lowest BCUT2D eigenvalue weighted by atomic mass is 10.1. The van der Waals surface area contributed by atoms with Gasteiger partial charge in [0.1, 0.15) is 5.75 Å².